The summed E-state index contributed by atoms with van der Waals surface area (Å²) in [7, 11) is 0. The lowest BCUT2D eigenvalue weighted by Gasteiger charge is -2.24. The highest BCUT2D eigenvalue weighted by molar-refractivity contribution is 5.30. The summed E-state index contributed by atoms with van der Waals surface area (Å²) in [5.74, 6) is 0. The van der Waals surface area contributed by atoms with Crippen molar-refractivity contribution in [3.05, 3.63) is 35.4 Å². The summed E-state index contributed by atoms with van der Waals surface area (Å²) >= 11 is 0. The molecule has 0 spiro atoms. The molecule has 1 heterocycles. The summed E-state index contributed by atoms with van der Waals surface area (Å²) in [6.45, 7) is 9.10. The molecule has 1 aromatic rings. The van der Waals surface area contributed by atoms with Crippen LogP contribution in [0.15, 0.2) is 24.3 Å². The van der Waals surface area contributed by atoms with Gasteiger partial charge in [-0.2, -0.15) is 0 Å². The van der Waals surface area contributed by atoms with Crippen molar-refractivity contribution in [2.45, 2.75) is 52.2 Å². The van der Waals surface area contributed by atoms with E-state index in [1.165, 1.54) is 36.9 Å². The molecular formula is C16H26N2. The van der Waals surface area contributed by atoms with E-state index in [9.17, 15) is 0 Å². The molecule has 2 heteroatoms. The fourth-order valence-electron chi connectivity index (χ4n) is 2.61. The minimum atomic E-state index is 0.624. The molecule has 0 amide bonds. The van der Waals surface area contributed by atoms with Crippen LogP contribution in [0.3, 0.4) is 0 Å². The second-order valence-electron chi connectivity index (χ2n) is 5.43. The normalized spacial score (nSPS) is 16.8. The Labute approximate surface area is 111 Å². The molecule has 0 fully saturated rings. The molecule has 0 radical (unpaired) electrons. The molecule has 1 atom stereocenters. The summed E-state index contributed by atoms with van der Waals surface area (Å²) < 4.78 is 0. The van der Waals surface area contributed by atoms with Gasteiger partial charge in [0.2, 0.25) is 0 Å². The average molecular weight is 246 g/mol. The summed E-state index contributed by atoms with van der Waals surface area (Å²) in [5, 5.41) is 3.58. The van der Waals surface area contributed by atoms with Crippen LogP contribution in [-0.2, 0) is 13.1 Å². The van der Waals surface area contributed by atoms with Crippen molar-refractivity contribution in [1.29, 1.82) is 0 Å². The molecule has 1 unspecified atom stereocenters. The second-order valence-corrected chi connectivity index (χ2v) is 5.43. The predicted molar refractivity (Wildman–Crippen MR) is 77.5 cm³/mol. The van der Waals surface area contributed by atoms with Crippen LogP contribution in [0.2, 0.25) is 0 Å². The molecule has 0 aliphatic carbocycles. The van der Waals surface area contributed by atoms with Crippen LogP contribution in [0.1, 0.15) is 44.2 Å². The number of hydrogen-bond acceptors (Lipinski definition) is 2. The minimum absolute atomic E-state index is 0.624. The molecule has 2 rings (SSSR count). The van der Waals surface area contributed by atoms with Gasteiger partial charge >= 0.3 is 0 Å². The zero-order chi connectivity index (χ0) is 12.8. The largest absolute Gasteiger partial charge is 0.315 e. The Morgan fingerprint density at radius 1 is 1.17 bits per heavy atom. The maximum Gasteiger partial charge on any atom is 0.0243 e. The Kier molecular flexibility index (Phi) is 5.21. The van der Waals surface area contributed by atoms with Gasteiger partial charge in [-0.15, -0.1) is 0 Å². The van der Waals surface area contributed by atoms with E-state index in [-0.39, 0.29) is 0 Å². The van der Waals surface area contributed by atoms with Crippen LogP contribution < -0.4 is 5.32 Å². The van der Waals surface area contributed by atoms with Gasteiger partial charge < -0.3 is 5.32 Å². The first kappa shape index (κ1) is 13.6. The third kappa shape index (κ3) is 3.56. The van der Waals surface area contributed by atoms with E-state index in [0.717, 1.165) is 19.6 Å². The van der Waals surface area contributed by atoms with Crippen LogP contribution in [0.5, 0.6) is 0 Å². The Bertz CT molecular complexity index is 337. The van der Waals surface area contributed by atoms with Gasteiger partial charge in [0, 0.05) is 25.7 Å². The van der Waals surface area contributed by atoms with Gasteiger partial charge in [-0.3, -0.25) is 4.90 Å². The monoisotopic (exact) mass is 246 g/mol. The number of nitrogens with zero attached hydrogens (tertiary/aromatic N) is 1. The van der Waals surface area contributed by atoms with Crippen molar-refractivity contribution >= 4 is 0 Å². The Balaban J connectivity index is 1.70. The lowest BCUT2D eigenvalue weighted by Crippen LogP contribution is -2.37. The molecule has 100 valence electrons. The molecular weight excluding hydrogens is 220 g/mol. The molecule has 0 bridgehead atoms. The van der Waals surface area contributed by atoms with E-state index < -0.39 is 0 Å². The van der Waals surface area contributed by atoms with Gasteiger partial charge in [0.25, 0.3) is 0 Å². The molecule has 2 nitrogen and oxygen atoms in total. The van der Waals surface area contributed by atoms with Gasteiger partial charge in [0.1, 0.15) is 0 Å². The lowest BCUT2D eigenvalue weighted by molar-refractivity contribution is 0.208. The lowest BCUT2D eigenvalue weighted by atomic mass is 10.1. The van der Waals surface area contributed by atoms with Gasteiger partial charge in [0.05, 0.1) is 0 Å². The fraction of sp³-hybridized carbons (Fsp3) is 0.625. The van der Waals surface area contributed by atoms with Crippen LogP contribution >= 0.6 is 0 Å². The van der Waals surface area contributed by atoms with Gasteiger partial charge in [-0.25, -0.2) is 0 Å². The fourth-order valence-corrected chi connectivity index (χ4v) is 2.61. The first-order valence-corrected chi connectivity index (χ1v) is 7.32. The standard InChI is InChI=1S/C16H26N2/c1-3-4-7-10-17-11-14(2)18-12-15-8-5-6-9-16(15)13-18/h5-6,8-9,14,17H,3-4,7,10-13H2,1-2H3. The third-order valence-electron chi connectivity index (χ3n) is 3.89. The first-order valence-electron chi connectivity index (χ1n) is 7.32. The quantitative estimate of drug-likeness (QED) is 0.743. The Hall–Kier alpha value is -0.860. The van der Waals surface area contributed by atoms with Crippen LogP contribution in [-0.4, -0.2) is 24.0 Å². The van der Waals surface area contributed by atoms with E-state index in [2.05, 4.69) is 48.3 Å². The first-order chi connectivity index (χ1) is 8.81. The van der Waals surface area contributed by atoms with Gasteiger partial charge in [-0.1, -0.05) is 44.0 Å². The van der Waals surface area contributed by atoms with Crippen molar-refractivity contribution in [1.82, 2.24) is 10.2 Å². The smallest absolute Gasteiger partial charge is 0.0243 e. The number of unbranched alkanes of at least 4 members (excludes halogenated alkanes) is 2. The predicted octanol–water partition coefficient (Wildman–Crippen LogP) is 3.17. The number of hydrogen-bond donors (Lipinski definition) is 1. The average Bonchev–Trinajstić information content (AvgIpc) is 2.82. The van der Waals surface area contributed by atoms with Crippen LogP contribution in [0, 0.1) is 0 Å². The van der Waals surface area contributed by atoms with E-state index in [0.29, 0.717) is 6.04 Å². The molecule has 1 aliphatic heterocycles. The van der Waals surface area contributed by atoms with Crippen molar-refractivity contribution in [2.24, 2.45) is 0 Å². The second kappa shape index (κ2) is 6.91. The highest BCUT2D eigenvalue weighted by atomic mass is 15.2. The molecule has 1 aromatic carbocycles. The number of fused-ring (bicyclic) bond motifs is 1. The summed E-state index contributed by atoms with van der Waals surface area (Å²) in [4.78, 5) is 2.57. The topological polar surface area (TPSA) is 15.3 Å². The summed E-state index contributed by atoms with van der Waals surface area (Å²) in [5.41, 5.74) is 3.02. The number of benzene rings is 1. The van der Waals surface area contributed by atoms with Gasteiger partial charge in [-0.05, 0) is 31.0 Å². The molecule has 0 saturated carbocycles. The third-order valence-corrected chi connectivity index (χ3v) is 3.89. The van der Waals surface area contributed by atoms with Crippen molar-refractivity contribution in [3.8, 4) is 0 Å². The highest BCUT2D eigenvalue weighted by Gasteiger charge is 2.22. The molecule has 18 heavy (non-hydrogen) atoms. The van der Waals surface area contributed by atoms with Crippen molar-refractivity contribution in [3.63, 3.8) is 0 Å². The van der Waals surface area contributed by atoms with Crippen LogP contribution in [0.4, 0.5) is 0 Å². The molecule has 0 aromatic heterocycles. The number of rotatable bonds is 7. The number of nitrogens with one attached hydrogen (secondary N) is 1. The SMILES string of the molecule is CCCCCNCC(C)N1Cc2ccccc2C1. The van der Waals surface area contributed by atoms with Gasteiger partial charge in [0.15, 0.2) is 0 Å². The van der Waals surface area contributed by atoms with Crippen molar-refractivity contribution < 1.29 is 0 Å². The zero-order valence-electron chi connectivity index (χ0n) is 11.8. The molecule has 1 aliphatic rings. The van der Waals surface area contributed by atoms with E-state index in [1.54, 1.807) is 0 Å². The van der Waals surface area contributed by atoms with Crippen LogP contribution in [0.25, 0.3) is 0 Å². The van der Waals surface area contributed by atoms with E-state index >= 15 is 0 Å². The summed E-state index contributed by atoms with van der Waals surface area (Å²) in [6.07, 6.45) is 3.96. The van der Waals surface area contributed by atoms with E-state index in [4.69, 9.17) is 0 Å². The van der Waals surface area contributed by atoms with E-state index in [1.807, 2.05) is 0 Å². The zero-order valence-corrected chi connectivity index (χ0v) is 11.8. The molecule has 0 saturated heterocycles. The maximum absolute atomic E-state index is 3.58. The Morgan fingerprint density at radius 3 is 2.44 bits per heavy atom. The maximum atomic E-state index is 3.58. The summed E-state index contributed by atoms with van der Waals surface area (Å²) in [6, 6.07) is 9.44. The highest BCUT2D eigenvalue weighted by Crippen LogP contribution is 2.23. The minimum Gasteiger partial charge on any atom is -0.315 e. The Morgan fingerprint density at radius 2 is 1.83 bits per heavy atom. The van der Waals surface area contributed by atoms with Crippen molar-refractivity contribution in [2.75, 3.05) is 13.1 Å². The molecule has 1 N–H and O–H groups in total.